The van der Waals surface area contributed by atoms with Gasteiger partial charge in [0.15, 0.2) is 0 Å². The van der Waals surface area contributed by atoms with E-state index in [0.29, 0.717) is 19.5 Å². The number of ether oxygens (including phenoxy) is 1. The number of carboxylic acids is 1. The summed E-state index contributed by atoms with van der Waals surface area (Å²) in [5, 5.41) is 15.2. The number of aliphatic carboxylic acids is 1. The molecular formula is C26H31N5O7S. The number of aromatic nitrogens is 1. The number of anilines is 1. The van der Waals surface area contributed by atoms with Gasteiger partial charge in [0.1, 0.15) is 16.9 Å². The normalized spacial score (nSPS) is 12.2. The van der Waals surface area contributed by atoms with Gasteiger partial charge in [-0.3, -0.25) is 9.78 Å². The number of pyridine rings is 1. The summed E-state index contributed by atoms with van der Waals surface area (Å²) >= 11 is 0. The van der Waals surface area contributed by atoms with Gasteiger partial charge in [0.25, 0.3) is 0 Å². The molecule has 0 bridgehead atoms. The largest absolute Gasteiger partial charge is 0.492 e. The van der Waals surface area contributed by atoms with Gasteiger partial charge in [-0.25, -0.2) is 17.9 Å². The van der Waals surface area contributed by atoms with E-state index in [0.717, 1.165) is 16.5 Å². The Morgan fingerprint density at radius 1 is 1.15 bits per heavy atom. The van der Waals surface area contributed by atoms with Crippen LogP contribution < -0.4 is 20.1 Å². The third kappa shape index (κ3) is 8.74. The molecule has 0 spiro atoms. The molecule has 208 valence electrons. The second-order valence-corrected chi connectivity index (χ2v) is 10.6. The van der Waals surface area contributed by atoms with Crippen LogP contribution in [0.2, 0.25) is 0 Å². The van der Waals surface area contributed by atoms with E-state index in [9.17, 15) is 22.8 Å². The lowest BCUT2D eigenvalue weighted by Crippen LogP contribution is -2.37. The Labute approximate surface area is 226 Å². The van der Waals surface area contributed by atoms with Gasteiger partial charge in [-0.2, -0.15) is 0 Å². The molecule has 2 amide bonds. The predicted molar refractivity (Wildman–Crippen MR) is 145 cm³/mol. The number of nitrogens with one attached hydrogen (secondary N) is 3. The lowest BCUT2D eigenvalue weighted by atomic mass is 10.1. The highest BCUT2D eigenvalue weighted by Crippen LogP contribution is 2.28. The summed E-state index contributed by atoms with van der Waals surface area (Å²) in [6, 6.07) is 11.4. The highest BCUT2D eigenvalue weighted by atomic mass is 32.2. The number of carboxylic acid groups (broad SMARTS) is 1. The molecular weight excluding hydrogens is 526 g/mol. The van der Waals surface area contributed by atoms with E-state index >= 15 is 0 Å². The molecule has 3 aromatic rings. The van der Waals surface area contributed by atoms with Gasteiger partial charge in [-0.05, 0) is 43.9 Å². The molecule has 0 unspecified atom stereocenters. The molecule has 1 heterocycles. The van der Waals surface area contributed by atoms with Gasteiger partial charge in [0.2, 0.25) is 10.0 Å². The number of carbonyl (C=O) groups excluding carboxylic acids is 2. The standard InChI is InChI=1S/C26H31N5O7S/c1-31(2)13-12-28-26(35)29-19-8-9-24(39(36,37)30-20(17-32)16-25(33)34)23(15-19)38-14-10-18-5-3-7-22-21(18)6-4-11-27-22/h3-9,11,15,17,20,30H,10,12-14,16H2,1-2H3,(H,33,34)(H2,28,29,35)/t20-/m0/s1. The number of sulfonamides is 1. The van der Waals surface area contributed by atoms with Crippen LogP contribution in [0.3, 0.4) is 0 Å². The summed E-state index contributed by atoms with van der Waals surface area (Å²) in [5.41, 5.74) is 2.03. The summed E-state index contributed by atoms with van der Waals surface area (Å²) in [5.74, 6) is -1.41. The lowest BCUT2D eigenvalue weighted by molar-refractivity contribution is -0.138. The summed E-state index contributed by atoms with van der Waals surface area (Å²) < 4.78 is 34.2. The molecule has 39 heavy (non-hydrogen) atoms. The first-order valence-electron chi connectivity index (χ1n) is 12.1. The van der Waals surface area contributed by atoms with Crippen LogP contribution in [0.25, 0.3) is 10.9 Å². The highest BCUT2D eigenvalue weighted by Gasteiger charge is 2.25. The maximum Gasteiger partial charge on any atom is 0.319 e. The van der Waals surface area contributed by atoms with Crippen molar-refractivity contribution >= 4 is 44.9 Å². The number of likely N-dealkylation sites (N-methyl/N-ethyl adjacent to an activating group) is 1. The molecule has 0 saturated heterocycles. The van der Waals surface area contributed by atoms with Gasteiger partial charge >= 0.3 is 12.0 Å². The Hall–Kier alpha value is -4.07. The molecule has 1 aromatic heterocycles. The van der Waals surface area contributed by atoms with Crippen LogP contribution in [0.5, 0.6) is 5.75 Å². The summed E-state index contributed by atoms with van der Waals surface area (Å²) in [7, 11) is -0.616. The maximum atomic E-state index is 13.1. The first-order valence-corrected chi connectivity index (χ1v) is 13.6. The molecule has 2 aromatic carbocycles. The van der Waals surface area contributed by atoms with Crippen molar-refractivity contribution in [2.45, 2.75) is 23.8 Å². The predicted octanol–water partition coefficient (Wildman–Crippen LogP) is 1.86. The highest BCUT2D eigenvalue weighted by molar-refractivity contribution is 7.89. The molecule has 0 radical (unpaired) electrons. The number of hydrogen-bond donors (Lipinski definition) is 4. The SMILES string of the molecule is CN(C)CCNC(=O)Nc1ccc(S(=O)(=O)N[C@H](C=O)CC(=O)O)c(OCCc2cccc3ncccc23)c1. The second kappa shape index (κ2) is 13.6. The van der Waals surface area contributed by atoms with Crippen molar-refractivity contribution < 1.29 is 32.6 Å². The van der Waals surface area contributed by atoms with Crippen molar-refractivity contribution in [3.8, 4) is 5.75 Å². The zero-order valence-electron chi connectivity index (χ0n) is 21.6. The van der Waals surface area contributed by atoms with Crippen molar-refractivity contribution in [1.82, 2.24) is 19.9 Å². The van der Waals surface area contributed by atoms with E-state index in [1.54, 1.807) is 6.20 Å². The zero-order chi connectivity index (χ0) is 28.4. The quantitative estimate of drug-likeness (QED) is 0.216. The smallest absolute Gasteiger partial charge is 0.319 e. The van der Waals surface area contributed by atoms with Crippen LogP contribution in [0.1, 0.15) is 12.0 Å². The maximum absolute atomic E-state index is 13.1. The molecule has 13 heteroatoms. The molecule has 0 fully saturated rings. The van der Waals surface area contributed by atoms with Crippen molar-refractivity contribution in [3.63, 3.8) is 0 Å². The Kier molecular flexibility index (Phi) is 10.3. The Bertz CT molecular complexity index is 1420. The molecule has 0 aliphatic carbocycles. The van der Waals surface area contributed by atoms with E-state index in [-0.39, 0.29) is 29.2 Å². The Morgan fingerprint density at radius 3 is 2.67 bits per heavy atom. The van der Waals surface area contributed by atoms with Gasteiger partial charge in [-0.1, -0.05) is 18.2 Å². The number of urea groups is 1. The zero-order valence-corrected chi connectivity index (χ0v) is 22.4. The summed E-state index contributed by atoms with van der Waals surface area (Å²) in [6.07, 6.45) is 1.61. The average Bonchev–Trinajstić information content (AvgIpc) is 2.87. The van der Waals surface area contributed by atoms with Crippen LogP contribution in [0, 0.1) is 0 Å². The van der Waals surface area contributed by atoms with E-state index in [1.165, 1.54) is 18.2 Å². The molecule has 0 saturated carbocycles. The molecule has 12 nitrogen and oxygen atoms in total. The van der Waals surface area contributed by atoms with Crippen molar-refractivity contribution in [2.75, 3.05) is 39.1 Å². The van der Waals surface area contributed by atoms with Crippen LogP contribution >= 0.6 is 0 Å². The first-order chi connectivity index (χ1) is 18.6. The number of carbonyl (C=O) groups is 3. The Morgan fingerprint density at radius 2 is 1.95 bits per heavy atom. The van der Waals surface area contributed by atoms with Gasteiger partial charge < -0.3 is 30.2 Å². The fraction of sp³-hybridized carbons (Fsp3) is 0.308. The molecule has 0 aliphatic rings. The van der Waals surface area contributed by atoms with Gasteiger partial charge in [-0.15, -0.1) is 0 Å². The third-order valence-corrected chi connectivity index (χ3v) is 7.10. The lowest BCUT2D eigenvalue weighted by Gasteiger charge is -2.17. The van der Waals surface area contributed by atoms with Crippen molar-refractivity contribution in [3.05, 3.63) is 60.3 Å². The fourth-order valence-electron chi connectivity index (χ4n) is 3.71. The van der Waals surface area contributed by atoms with Crippen LogP contribution in [0.4, 0.5) is 10.5 Å². The number of rotatable bonds is 14. The molecule has 0 aliphatic heterocycles. The Balaban J connectivity index is 1.83. The van der Waals surface area contributed by atoms with E-state index in [1.807, 2.05) is 49.3 Å². The number of aldehydes is 1. The second-order valence-electron chi connectivity index (χ2n) is 8.89. The summed E-state index contributed by atoms with van der Waals surface area (Å²) in [4.78, 5) is 40.5. The summed E-state index contributed by atoms with van der Waals surface area (Å²) in [6.45, 7) is 1.11. The first kappa shape index (κ1) is 29.5. The third-order valence-electron chi connectivity index (χ3n) is 5.57. The van der Waals surface area contributed by atoms with Gasteiger partial charge in [0.05, 0.1) is 24.6 Å². The topological polar surface area (TPSA) is 167 Å². The van der Waals surface area contributed by atoms with E-state index < -0.39 is 34.5 Å². The van der Waals surface area contributed by atoms with Crippen LogP contribution in [0.15, 0.2) is 59.6 Å². The number of hydrogen-bond acceptors (Lipinski definition) is 8. The number of amides is 2. The van der Waals surface area contributed by atoms with E-state index in [2.05, 4.69) is 20.3 Å². The molecule has 4 N–H and O–H groups in total. The minimum absolute atomic E-state index is 0.0769. The number of fused-ring (bicyclic) bond motifs is 1. The number of nitrogens with zero attached hydrogens (tertiary/aromatic N) is 2. The van der Waals surface area contributed by atoms with Crippen molar-refractivity contribution in [2.24, 2.45) is 0 Å². The van der Waals surface area contributed by atoms with Crippen LogP contribution in [-0.4, -0.2) is 81.5 Å². The molecule has 3 rings (SSSR count). The minimum Gasteiger partial charge on any atom is -0.492 e. The average molecular weight is 558 g/mol. The monoisotopic (exact) mass is 557 g/mol. The van der Waals surface area contributed by atoms with Gasteiger partial charge in [0, 0.05) is 42.8 Å². The van der Waals surface area contributed by atoms with E-state index in [4.69, 9.17) is 9.84 Å². The fourth-order valence-corrected chi connectivity index (χ4v) is 5.01. The molecule has 1 atom stereocenters. The number of benzene rings is 2. The minimum atomic E-state index is -4.36. The van der Waals surface area contributed by atoms with Crippen LogP contribution in [-0.2, 0) is 26.0 Å². The van der Waals surface area contributed by atoms with Crippen molar-refractivity contribution in [1.29, 1.82) is 0 Å².